The third kappa shape index (κ3) is 4.46. The molecular weight excluding hydrogens is 334 g/mol. The van der Waals surface area contributed by atoms with Crippen molar-refractivity contribution in [3.8, 4) is 0 Å². The van der Waals surface area contributed by atoms with Crippen molar-refractivity contribution in [3.05, 3.63) is 40.8 Å². The molecule has 5 heteroatoms. The van der Waals surface area contributed by atoms with Crippen molar-refractivity contribution in [3.63, 3.8) is 0 Å². The predicted molar refractivity (Wildman–Crippen MR) is 99.4 cm³/mol. The van der Waals surface area contributed by atoms with E-state index in [0.717, 1.165) is 28.2 Å². The highest BCUT2D eigenvalue weighted by atomic mass is 32.2. The number of benzene rings is 1. The van der Waals surface area contributed by atoms with Gasteiger partial charge in [-0.15, -0.1) is 0 Å². The van der Waals surface area contributed by atoms with Crippen LogP contribution in [0.1, 0.15) is 44.1 Å². The van der Waals surface area contributed by atoms with Crippen molar-refractivity contribution in [2.45, 2.75) is 56.4 Å². The van der Waals surface area contributed by atoms with Gasteiger partial charge in [0.2, 0.25) is 5.91 Å². The van der Waals surface area contributed by atoms with Crippen LogP contribution in [0.5, 0.6) is 0 Å². The molecule has 134 valence electrons. The van der Waals surface area contributed by atoms with Crippen molar-refractivity contribution >= 4 is 23.6 Å². The van der Waals surface area contributed by atoms with Crippen LogP contribution in [0.3, 0.4) is 0 Å². The van der Waals surface area contributed by atoms with Gasteiger partial charge in [-0.05, 0) is 30.9 Å². The van der Waals surface area contributed by atoms with Crippen LogP contribution in [-0.2, 0) is 9.59 Å². The van der Waals surface area contributed by atoms with E-state index in [1.54, 1.807) is 17.8 Å². The molecule has 0 spiro atoms. The Bertz CT molecular complexity index is 679. The molecule has 1 heterocycles. The van der Waals surface area contributed by atoms with Crippen molar-refractivity contribution in [2.75, 3.05) is 6.54 Å². The van der Waals surface area contributed by atoms with Crippen LogP contribution in [0.2, 0.25) is 0 Å². The summed E-state index contributed by atoms with van der Waals surface area (Å²) in [6.07, 6.45) is 7.96. The van der Waals surface area contributed by atoms with Crippen LogP contribution >= 0.6 is 11.8 Å². The summed E-state index contributed by atoms with van der Waals surface area (Å²) in [7, 11) is 0. The zero-order chi connectivity index (χ0) is 17.8. The molecule has 1 saturated carbocycles. The molecule has 4 nitrogen and oxygen atoms in total. The lowest BCUT2D eigenvalue weighted by atomic mass is 9.84. The number of hydrogen-bond donors (Lipinski definition) is 1. The molecule has 1 aliphatic heterocycles. The van der Waals surface area contributed by atoms with E-state index >= 15 is 0 Å². The molecule has 1 aromatic rings. The van der Waals surface area contributed by atoms with Gasteiger partial charge in [0.25, 0.3) is 0 Å². The van der Waals surface area contributed by atoms with Crippen molar-refractivity contribution in [1.29, 1.82) is 0 Å². The van der Waals surface area contributed by atoms with E-state index in [0.29, 0.717) is 18.9 Å². The van der Waals surface area contributed by atoms with Gasteiger partial charge in [0.05, 0.1) is 6.54 Å². The largest absolute Gasteiger partial charge is 0.480 e. The van der Waals surface area contributed by atoms with Crippen LogP contribution in [0.4, 0.5) is 0 Å². The van der Waals surface area contributed by atoms with Crippen molar-refractivity contribution in [2.24, 2.45) is 5.92 Å². The van der Waals surface area contributed by atoms with Crippen molar-refractivity contribution in [1.82, 2.24) is 4.90 Å². The minimum Gasteiger partial charge on any atom is -0.480 e. The first-order chi connectivity index (χ1) is 12.0. The average molecular weight is 359 g/mol. The SMILES string of the molecule is Cc1ccccc1SC1=CC(=O)N([C@@H](CC2CCCCC2)C(=O)O)C1. The summed E-state index contributed by atoms with van der Waals surface area (Å²) in [6.45, 7) is 2.45. The molecular formula is C20H25NO3S. The zero-order valence-corrected chi connectivity index (χ0v) is 15.4. The lowest BCUT2D eigenvalue weighted by Crippen LogP contribution is -2.44. The summed E-state index contributed by atoms with van der Waals surface area (Å²) in [5.74, 6) is -0.621. The van der Waals surface area contributed by atoms with E-state index in [1.807, 2.05) is 31.2 Å². The number of thioether (sulfide) groups is 1. The summed E-state index contributed by atoms with van der Waals surface area (Å²) in [6, 6.07) is 7.34. The summed E-state index contributed by atoms with van der Waals surface area (Å²) in [4.78, 5) is 27.8. The maximum absolute atomic E-state index is 12.4. The minimum atomic E-state index is -0.880. The summed E-state index contributed by atoms with van der Waals surface area (Å²) in [5, 5.41) is 9.68. The quantitative estimate of drug-likeness (QED) is 0.825. The van der Waals surface area contributed by atoms with Gasteiger partial charge in [-0.3, -0.25) is 4.79 Å². The third-order valence-electron chi connectivity index (χ3n) is 5.17. The van der Waals surface area contributed by atoms with Gasteiger partial charge in [0, 0.05) is 15.9 Å². The van der Waals surface area contributed by atoms with E-state index in [9.17, 15) is 14.7 Å². The maximum Gasteiger partial charge on any atom is 0.326 e. The average Bonchev–Trinajstić information content (AvgIpc) is 2.95. The molecule has 0 radical (unpaired) electrons. The summed E-state index contributed by atoms with van der Waals surface area (Å²) in [5.41, 5.74) is 1.16. The molecule has 0 bridgehead atoms. The highest BCUT2D eigenvalue weighted by Crippen LogP contribution is 2.35. The number of carbonyl (C=O) groups excluding carboxylic acids is 1. The fourth-order valence-corrected chi connectivity index (χ4v) is 4.77. The first kappa shape index (κ1) is 18.1. The molecule has 0 aromatic heterocycles. The Labute approximate surface area is 153 Å². The molecule has 1 fully saturated rings. The van der Waals surface area contributed by atoms with E-state index < -0.39 is 12.0 Å². The lowest BCUT2D eigenvalue weighted by molar-refractivity contribution is -0.148. The molecule has 25 heavy (non-hydrogen) atoms. The Balaban J connectivity index is 1.66. The number of amides is 1. The third-order valence-corrected chi connectivity index (χ3v) is 6.36. The van der Waals surface area contributed by atoms with Crippen molar-refractivity contribution < 1.29 is 14.7 Å². The standard InChI is InChI=1S/C20H25NO3S/c1-14-7-5-6-10-18(14)25-16-12-19(22)21(13-16)17(20(23)24)11-15-8-3-2-4-9-15/h5-7,10,12,15,17H,2-4,8-9,11,13H2,1H3,(H,23,24)/t17-/m0/s1. The Hall–Kier alpha value is -1.75. The monoisotopic (exact) mass is 359 g/mol. The fourth-order valence-electron chi connectivity index (χ4n) is 3.75. The van der Waals surface area contributed by atoms with Crippen LogP contribution in [0.25, 0.3) is 0 Å². The van der Waals surface area contributed by atoms with Gasteiger partial charge in [0.15, 0.2) is 0 Å². The number of aliphatic carboxylic acids is 1. The van der Waals surface area contributed by atoms with Gasteiger partial charge >= 0.3 is 5.97 Å². The second kappa shape index (κ2) is 8.09. The Morgan fingerprint density at radius 3 is 2.68 bits per heavy atom. The van der Waals surface area contributed by atoms with E-state index in [-0.39, 0.29) is 5.91 Å². The van der Waals surface area contributed by atoms with E-state index in [2.05, 4.69) is 0 Å². The fraction of sp³-hybridized carbons (Fsp3) is 0.500. The molecule has 1 aliphatic carbocycles. The van der Waals surface area contributed by atoms with Gasteiger partial charge < -0.3 is 10.0 Å². The van der Waals surface area contributed by atoms with E-state index in [1.165, 1.54) is 24.2 Å². The van der Waals surface area contributed by atoms with Crippen LogP contribution in [0, 0.1) is 12.8 Å². The number of hydrogen-bond acceptors (Lipinski definition) is 3. The van der Waals surface area contributed by atoms with Crippen LogP contribution < -0.4 is 0 Å². The molecule has 1 atom stereocenters. The predicted octanol–water partition coefficient (Wildman–Crippen LogP) is 4.24. The van der Waals surface area contributed by atoms with Crippen LogP contribution in [0.15, 0.2) is 40.1 Å². The smallest absolute Gasteiger partial charge is 0.326 e. The highest BCUT2D eigenvalue weighted by Gasteiger charge is 2.35. The molecule has 2 aliphatic rings. The first-order valence-electron chi connectivity index (χ1n) is 9.02. The second-order valence-electron chi connectivity index (χ2n) is 7.04. The maximum atomic E-state index is 12.4. The Morgan fingerprint density at radius 1 is 1.28 bits per heavy atom. The Kier molecular flexibility index (Phi) is 5.84. The normalized spacial score (nSPS) is 19.8. The lowest BCUT2D eigenvalue weighted by Gasteiger charge is -2.30. The second-order valence-corrected chi connectivity index (χ2v) is 8.21. The molecule has 1 amide bonds. The number of carbonyl (C=O) groups is 2. The number of carboxylic acids is 1. The summed E-state index contributed by atoms with van der Waals surface area (Å²) >= 11 is 1.57. The van der Waals surface area contributed by atoms with Gasteiger partial charge in [0.1, 0.15) is 6.04 Å². The topological polar surface area (TPSA) is 57.6 Å². The van der Waals surface area contributed by atoms with Crippen LogP contribution in [-0.4, -0.2) is 34.5 Å². The zero-order valence-electron chi connectivity index (χ0n) is 14.6. The number of carboxylic acid groups (broad SMARTS) is 1. The molecule has 3 rings (SSSR count). The Morgan fingerprint density at radius 2 is 2.00 bits per heavy atom. The number of rotatable bonds is 6. The minimum absolute atomic E-state index is 0.167. The molecule has 0 unspecified atom stereocenters. The molecule has 1 N–H and O–H groups in total. The molecule has 0 saturated heterocycles. The molecule has 1 aromatic carbocycles. The van der Waals surface area contributed by atoms with E-state index in [4.69, 9.17) is 0 Å². The first-order valence-corrected chi connectivity index (χ1v) is 9.83. The van der Waals surface area contributed by atoms with Gasteiger partial charge in [-0.2, -0.15) is 0 Å². The number of aryl methyl sites for hydroxylation is 1. The van der Waals surface area contributed by atoms with Gasteiger partial charge in [-0.25, -0.2) is 4.79 Å². The number of nitrogens with zero attached hydrogens (tertiary/aromatic N) is 1. The summed E-state index contributed by atoms with van der Waals surface area (Å²) < 4.78 is 0. The van der Waals surface area contributed by atoms with Gasteiger partial charge in [-0.1, -0.05) is 62.1 Å². The highest BCUT2D eigenvalue weighted by molar-refractivity contribution is 8.03.